The maximum Gasteiger partial charge on any atom is 0.253 e. The van der Waals surface area contributed by atoms with Crippen LogP contribution < -0.4 is 10.5 Å². The highest BCUT2D eigenvalue weighted by Gasteiger charge is 2.28. The topological polar surface area (TPSA) is 110 Å². The summed E-state index contributed by atoms with van der Waals surface area (Å²) in [7, 11) is -3.74. The molecule has 2 aromatic carbocycles. The standard InChI is InChI=1S/C21H24BrN3O4S/c1-14(15-4-8-19(9-5-15)30(23,28)29)24-20(26)16-10-12-25(13-11-16)21(27)17-2-6-18(22)7-3-17/h2-9,14,16H,10-13H2,1H3,(H,24,26)(H2,23,28,29). The summed E-state index contributed by atoms with van der Waals surface area (Å²) in [6.07, 6.45) is 1.20. The first-order chi connectivity index (χ1) is 14.1. The molecule has 1 fully saturated rings. The van der Waals surface area contributed by atoms with Gasteiger partial charge in [-0.1, -0.05) is 28.1 Å². The molecule has 30 heavy (non-hydrogen) atoms. The molecule has 1 heterocycles. The summed E-state index contributed by atoms with van der Waals surface area (Å²) in [5.74, 6) is -0.247. The highest BCUT2D eigenvalue weighted by molar-refractivity contribution is 9.10. The highest BCUT2D eigenvalue weighted by atomic mass is 79.9. The molecule has 0 saturated carbocycles. The smallest absolute Gasteiger partial charge is 0.253 e. The Hall–Kier alpha value is -2.23. The van der Waals surface area contributed by atoms with Gasteiger partial charge in [0.05, 0.1) is 10.9 Å². The van der Waals surface area contributed by atoms with E-state index >= 15 is 0 Å². The molecule has 0 aromatic heterocycles. The van der Waals surface area contributed by atoms with E-state index in [2.05, 4.69) is 21.2 Å². The number of hydrogen-bond donors (Lipinski definition) is 2. The summed E-state index contributed by atoms with van der Waals surface area (Å²) in [6.45, 7) is 2.91. The third kappa shape index (κ3) is 5.47. The maximum absolute atomic E-state index is 12.7. The highest BCUT2D eigenvalue weighted by Crippen LogP contribution is 2.22. The van der Waals surface area contributed by atoms with Crippen LogP contribution in [-0.4, -0.2) is 38.2 Å². The Morgan fingerprint density at radius 3 is 2.17 bits per heavy atom. The second kappa shape index (κ2) is 9.28. The van der Waals surface area contributed by atoms with Gasteiger partial charge >= 0.3 is 0 Å². The Morgan fingerprint density at radius 2 is 1.63 bits per heavy atom. The number of carbonyl (C=O) groups excluding carboxylic acids is 2. The first-order valence-electron chi connectivity index (χ1n) is 9.63. The second-order valence-electron chi connectivity index (χ2n) is 7.42. The molecule has 0 radical (unpaired) electrons. The number of hydrogen-bond acceptors (Lipinski definition) is 4. The summed E-state index contributed by atoms with van der Waals surface area (Å²) in [4.78, 5) is 27.1. The van der Waals surface area contributed by atoms with Crippen LogP contribution in [0.3, 0.4) is 0 Å². The van der Waals surface area contributed by atoms with Gasteiger partial charge in [-0.15, -0.1) is 0 Å². The molecule has 1 aliphatic heterocycles. The number of primary sulfonamides is 1. The number of benzene rings is 2. The van der Waals surface area contributed by atoms with Crippen molar-refractivity contribution in [1.29, 1.82) is 0 Å². The van der Waals surface area contributed by atoms with Crippen molar-refractivity contribution in [2.45, 2.75) is 30.7 Å². The minimum Gasteiger partial charge on any atom is -0.349 e. The average Bonchev–Trinajstić information content (AvgIpc) is 2.73. The molecular weight excluding hydrogens is 470 g/mol. The number of nitrogens with zero attached hydrogens (tertiary/aromatic N) is 1. The number of halogens is 1. The van der Waals surface area contributed by atoms with Gasteiger partial charge in [-0.3, -0.25) is 9.59 Å². The third-order valence-electron chi connectivity index (χ3n) is 5.31. The summed E-state index contributed by atoms with van der Waals surface area (Å²) >= 11 is 3.36. The molecular formula is C21H24BrN3O4S. The predicted molar refractivity (Wildman–Crippen MR) is 117 cm³/mol. The molecule has 2 amide bonds. The molecule has 1 saturated heterocycles. The van der Waals surface area contributed by atoms with E-state index in [9.17, 15) is 18.0 Å². The predicted octanol–water partition coefficient (Wildman–Crippen LogP) is 2.83. The number of carbonyl (C=O) groups is 2. The molecule has 160 valence electrons. The van der Waals surface area contributed by atoms with E-state index < -0.39 is 10.0 Å². The molecule has 1 unspecified atom stereocenters. The van der Waals surface area contributed by atoms with E-state index in [0.29, 0.717) is 31.5 Å². The van der Waals surface area contributed by atoms with Crippen molar-refractivity contribution in [2.24, 2.45) is 11.1 Å². The normalized spacial score (nSPS) is 16.2. The van der Waals surface area contributed by atoms with E-state index in [-0.39, 0.29) is 28.7 Å². The SMILES string of the molecule is CC(NC(=O)C1CCN(C(=O)c2ccc(Br)cc2)CC1)c1ccc(S(N)(=O)=O)cc1. The van der Waals surface area contributed by atoms with Crippen molar-refractivity contribution >= 4 is 37.8 Å². The van der Waals surface area contributed by atoms with Crippen LogP contribution in [0.15, 0.2) is 57.9 Å². The number of rotatable bonds is 5. The lowest BCUT2D eigenvalue weighted by Crippen LogP contribution is -2.43. The van der Waals surface area contributed by atoms with Gasteiger partial charge in [-0.2, -0.15) is 0 Å². The van der Waals surface area contributed by atoms with Crippen LogP contribution >= 0.6 is 15.9 Å². The van der Waals surface area contributed by atoms with Crippen LogP contribution in [0.2, 0.25) is 0 Å². The van der Waals surface area contributed by atoms with Gasteiger partial charge in [0.15, 0.2) is 0 Å². The molecule has 7 nitrogen and oxygen atoms in total. The minimum absolute atomic E-state index is 0.0235. The molecule has 1 aliphatic rings. The van der Waals surface area contributed by atoms with Gasteiger partial charge < -0.3 is 10.2 Å². The van der Waals surface area contributed by atoms with E-state index in [1.165, 1.54) is 12.1 Å². The zero-order chi connectivity index (χ0) is 21.9. The van der Waals surface area contributed by atoms with Crippen molar-refractivity contribution in [1.82, 2.24) is 10.2 Å². The van der Waals surface area contributed by atoms with Gasteiger partial charge in [0.2, 0.25) is 15.9 Å². The number of nitrogens with one attached hydrogen (secondary N) is 1. The molecule has 1 atom stereocenters. The molecule has 9 heteroatoms. The van der Waals surface area contributed by atoms with Crippen LogP contribution in [0.4, 0.5) is 0 Å². The zero-order valence-corrected chi connectivity index (χ0v) is 18.9. The lowest BCUT2D eigenvalue weighted by molar-refractivity contribution is -0.127. The van der Waals surface area contributed by atoms with Gasteiger partial charge in [-0.05, 0) is 61.7 Å². The van der Waals surface area contributed by atoms with Gasteiger partial charge in [0.25, 0.3) is 5.91 Å². The third-order valence-corrected chi connectivity index (χ3v) is 6.77. The van der Waals surface area contributed by atoms with Crippen molar-refractivity contribution in [2.75, 3.05) is 13.1 Å². The molecule has 0 spiro atoms. The van der Waals surface area contributed by atoms with E-state index in [0.717, 1.165) is 10.0 Å². The quantitative estimate of drug-likeness (QED) is 0.666. The Morgan fingerprint density at radius 1 is 1.07 bits per heavy atom. The molecule has 0 aliphatic carbocycles. The van der Waals surface area contributed by atoms with Crippen LogP contribution in [0.25, 0.3) is 0 Å². The van der Waals surface area contributed by atoms with Crippen LogP contribution in [0.1, 0.15) is 41.7 Å². The van der Waals surface area contributed by atoms with Crippen molar-refractivity contribution in [3.05, 3.63) is 64.1 Å². The fourth-order valence-electron chi connectivity index (χ4n) is 3.48. The maximum atomic E-state index is 12.7. The van der Waals surface area contributed by atoms with E-state index in [1.807, 2.05) is 19.1 Å². The molecule has 3 rings (SSSR count). The Bertz CT molecular complexity index is 1020. The van der Waals surface area contributed by atoms with Crippen LogP contribution in [-0.2, 0) is 14.8 Å². The lowest BCUT2D eigenvalue weighted by Gasteiger charge is -2.32. The molecule has 0 bridgehead atoms. The van der Waals surface area contributed by atoms with Gasteiger partial charge in [0, 0.05) is 29.0 Å². The largest absolute Gasteiger partial charge is 0.349 e. The van der Waals surface area contributed by atoms with Gasteiger partial charge in [0.1, 0.15) is 0 Å². The Labute approximate surface area is 184 Å². The van der Waals surface area contributed by atoms with Crippen LogP contribution in [0.5, 0.6) is 0 Å². The summed E-state index contributed by atoms with van der Waals surface area (Å²) in [5.41, 5.74) is 1.43. The second-order valence-corrected chi connectivity index (χ2v) is 9.89. The lowest BCUT2D eigenvalue weighted by atomic mass is 9.94. The Kier molecular flexibility index (Phi) is 6.95. The minimum atomic E-state index is -3.74. The monoisotopic (exact) mass is 493 g/mol. The van der Waals surface area contributed by atoms with Crippen LogP contribution in [0, 0.1) is 5.92 Å². The van der Waals surface area contributed by atoms with Crippen molar-refractivity contribution < 1.29 is 18.0 Å². The van der Waals surface area contributed by atoms with Gasteiger partial charge in [-0.25, -0.2) is 13.6 Å². The number of sulfonamides is 1. The molecule has 2 aromatic rings. The number of piperidine rings is 1. The fourth-order valence-corrected chi connectivity index (χ4v) is 4.26. The zero-order valence-electron chi connectivity index (χ0n) is 16.5. The average molecular weight is 494 g/mol. The number of likely N-dealkylation sites (tertiary alicyclic amines) is 1. The Balaban J connectivity index is 1.53. The molecule has 3 N–H and O–H groups in total. The number of amides is 2. The van der Waals surface area contributed by atoms with Crippen molar-refractivity contribution in [3.63, 3.8) is 0 Å². The first kappa shape index (κ1) is 22.5. The summed E-state index contributed by atoms with van der Waals surface area (Å²) in [5, 5.41) is 8.09. The first-order valence-corrected chi connectivity index (χ1v) is 12.0. The number of nitrogens with two attached hydrogens (primary N) is 1. The summed E-state index contributed by atoms with van der Waals surface area (Å²) in [6, 6.07) is 13.1. The fraction of sp³-hybridized carbons (Fsp3) is 0.333. The van der Waals surface area contributed by atoms with E-state index in [4.69, 9.17) is 5.14 Å². The van der Waals surface area contributed by atoms with Crippen molar-refractivity contribution in [3.8, 4) is 0 Å². The summed E-state index contributed by atoms with van der Waals surface area (Å²) < 4.78 is 23.6. The van der Waals surface area contributed by atoms with E-state index in [1.54, 1.807) is 29.2 Å².